The number of rotatable bonds is 5. The quantitative estimate of drug-likeness (QED) is 0.816. The predicted octanol–water partition coefficient (Wildman–Crippen LogP) is 3.55. The molecule has 0 saturated carbocycles. The van der Waals surface area contributed by atoms with Crippen LogP contribution in [-0.4, -0.2) is 5.78 Å². The average molecular weight is 270 g/mol. The molecule has 0 heterocycles. The van der Waals surface area contributed by atoms with Gasteiger partial charge in [0.05, 0.1) is 0 Å². The number of anilines is 2. The van der Waals surface area contributed by atoms with Crippen LogP contribution in [0.4, 0.5) is 11.4 Å². The molecule has 0 atom stereocenters. The largest absolute Gasteiger partial charge is 0.398 e. The maximum atomic E-state index is 11.8. The van der Waals surface area contributed by atoms with Crippen molar-refractivity contribution in [2.24, 2.45) is 5.92 Å². The van der Waals surface area contributed by atoms with Gasteiger partial charge in [0.25, 0.3) is 0 Å². The smallest absolute Gasteiger partial charge is 0.133 e. The number of hydrogen-bond donors (Lipinski definition) is 2. The van der Waals surface area contributed by atoms with Gasteiger partial charge in [0, 0.05) is 35.0 Å². The summed E-state index contributed by atoms with van der Waals surface area (Å²) in [5, 5.41) is 1.95. The van der Waals surface area contributed by atoms with Gasteiger partial charge >= 0.3 is 0 Å². The third-order valence-corrected chi connectivity index (χ3v) is 3.51. The summed E-state index contributed by atoms with van der Waals surface area (Å²) in [4.78, 5) is 11.8. The SMILES string of the molecule is CC(C)CC(=O)CCc1cc(N)c2ccccc2c1N. The molecule has 0 aliphatic carbocycles. The van der Waals surface area contributed by atoms with Crippen LogP contribution in [0.3, 0.4) is 0 Å². The molecule has 0 fully saturated rings. The van der Waals surface area contributed by atoms with Crippen molar-refractivity contribution in [3.8, 4) is 0 Å². The predicted molar refractivity (Wildman–Crippen MR) is 85.6 cm³/mol. The van der Waals surface area contributed by atoms with Crippen LogP contribution in [0.2, 0.25) is 0 Å². The maximum Gasteiger partial charge on any atom is 0.133 e. The summed E-state index contributed by atoms with van der Waals surface area (Å²) in [6.07, 6.45) is 1.82. The highest BCUT2D eigenvalue weighted by Crippen LogP contribution is 2.30. The second-order valence-corrected chi connectivity index (χ2v) is 5.72. The molecule has 20 heavy (non-hydrogen) atoms. The molecule has 0 radical (unpaired) electrons. The zero-order chi connectivity index (χ0) is 14.7. The highest BCUT2D eigenvalue weighted by atomic mass is 16.1. The summed E-state index contributed by atoms with van der Waals surface area (Å²) in [6.45, 7) is 4.11. The van der Waals surface area contributed by atoms with Crippen molar-refractivity contribution in [2.45, 2.75) is 33.1 Å². The zero-order valence-electron chi connectivity index (χ0n) is 12.1. The van der Waals surface area contributed by atoms with Crippen LogP contribution in [0.25, 0.3) is 10.8 Å². The number of carbonyl (C=O) groups is 1. The van der Waals surface area contributed by atoms with Crippen molar-refractivity contribution in [1.29, 1.82) is 0 Å². The minimum absolute atomic E-state index is 0.283. The first kappa shape index (κ1) is 14.4. The molecule has 0 aromatic heterocycles. The number of carbonyl (C=O) groups excluding carboxylic acids is 1. The van der Waals surface area contributed by atoms with Crippen LogP contribution in [-0.2, 0) is 11.2 Å². The molecule has 0 unspecified atom stereocenters. The first-order valence-corrected chi connectivity index (χ1v) is 7.06. The number of Topliss-reactive ketones (excluding diaryl/α,β-unsaturated/α-hetero) is 1. The van der Waals surface area contributed by atoms with E-state index < -0.39 is 0 Å². The lowest BCUT2D eigenvalue weighted by molar-refractivity contribution is -0.119. The number of nitrogens with two attached hydrogens (primary N) is 2. The van der Waals surface area contributed by atoms with Gasteiger partial charge in [-0.25, -0.2) is 0 Å². The first-order chi connectivity index (χ1) is 9.49. The van der Waals surface area contributed by atoms with Gasteiger partial charge in [-0.1, -0.05) is 38.1 Å². The van der Waals surface area contributed by atoms with Crippen LogP contribution in [0, 0.1) is 5.92 Å². The van der Waals surface area contributed by atoms with E-state index in [-0.39, 0.29) is 5.78 Å². The lowest BCUT2D eigenvalue weighted by Crippen LogP contribution is -2.06. The minimum atomic E-state index is 0.283. The van der Waals surface area contributed by atoms with Gasteiger partial charge in [-0.3, -0.25) is 4.79 Å². The fourth-order valence-electron chi connectivity index (χ4n) is 2.52. The van der Waals surface area contributed by atoms with E-state index in [1.807, 2.05) is 30.3 Å². The second-order valence-electron chi connectivity index (χ2n) is 5.72. The van der Waals surface area contributed by atoms with Crippen LogP contribution in [0.1, 0.15) is 32.3 Å². The van der Waals surface area contributed by atoms with E-state index >= 15 is 0 Å². The topological polar surface area (TPSA) is 69.1 Å². The molecular formula is C17H22N2O. The average Bonchev–Trinajstić information content (AvgIpc) is 2.40. The van der Waals surface area contributed by atoms with Crippen LogP contribution < -0.4 is 11.5 Å². The Balaban J connectivity index is 2.23. The fraction of sp³-hybridized carbons (Fsp3) is 0.353. The second kappa shape index (κ2) is 5.95. The Morgan fingerprint density at radius 3 is 2.45 bits per heavy atom. The van der Waals surface area contributed by atoms with Crippen molar-refractivity contribution in [3.05, 3.63) is 35.9 Å². The summed E-state index contributed by atoms with van der Waals surface area (Å²) in [7, 11) is 0. The number of ketones is 1. The van der Waals surface area contributed by atoms with Gasteiger partial charge in [0.1, 0.15) is 5.78 Å². The molecule has 2 aromatic carbocycles. The Kier molecular flexibility index (Phi) is 4.28. The summed E-state index contributed by atoms with van der Waals surface area (Å²) in [6, 6.07) is 9.74. The van der Waals surface area contributed by atoms with Gasteiger partial charge in [0.15, 0.2) is 0 Å². The van der Waals surface area contributed by atoms with Gasteiger partial charge in [-0.2, -0.15) is 0 Å². The maximum absolute atomic E-state index is 11.8. The van der Waals surface area contributed by atoms with Gasteiger partial charge < -0.3 is 11.5 Å². The molecule has 0 saturated heterocycles. The molecule has 0 aliphatic rings. The Morgan fingerprint density at radius 2 is 1.80 bits per heavy atom. The van der Waals surface area contributed by atoms with E-state index in [0.29, 0.717) is 25.2 Å². The normalized spacial score (nSPS) is 11.2. The van der Waals surface area contributed by atoms with Crippen LogP contribution >= 0.6 is 0 Å². The van der Waals surface area contributed by atoms with Crippen molar-refractivity contribution < 1.29 is 4.79 Å². The lowest BCUT2D eigenvalue weighted by Gasteiger charge is -2.12. The van der Waals surface area contributed by atoms with Crippen molar-refractivity contribution >= 4 is 27.9 Å². The lowest BCUT2D eigenvalue weighted by atomic mass is 9.97. The summed E-state index contributed by atoms with van der Waals surface area (Å²) in [5.41, 5.74) is 14.7. The highest BCUT2D eigenvalue weighted by Gasteiger charge is 2.10. The summed E-state index contributed by atoms with van der Waals surface area (Å²) >= 11 is 0. The van der Waals surface area contributed by atoms with Gasteiger partial charge in [0.2, 0.25) is 0 Å². The van der Waals surface area contributed by atoms with Crippen molar-refractivity contribution in [3.63, 3.8) is 0 Å². The molecule has 4 N–H and O–H groups in total. The van der Waals surface area contributed by atoms with E-state index in [0.717, 1.165) is 27.7 Å². The Morgan fingerprint density at radius 1 is 1.15 bits per heavy atom. The number of nitrogen functional groups attached to an aromatic ring is 2. The molecule has 106 valence electrons. The summed E-state index contributed by atoms with van der Waals surface area (Å²) in [5.74, 6) is 0.688. The molecule has 0 bridgehead atoms. The van der Waals surface area contributed by atoms with Gasteiger partial charge in [-0.05, 0) is 24.0 Å². The molecule has 0 spiro atoms. The Hall–Kier alpha value is -2.03. The third kappa shape index (κ3) is 3.10. The molecule has 2 rings (SSSR count). The molecule has 3 nitrogen and oxygen atoms in total. The zero-order valence-corrected chi connectivity index (χ0v) is 12.1. The van der Waals surface area contributed by atoms with Gasteiger partial charge in [-0.15, -0.1) is 0 Å². The van der Waals surface area contributed by atoms with Crippen LogP contribution in [0.5, 0.6) is 0 Å². The van der Waals surface area contributed by atoms with E-state index in [2.05, 4.69) is 13.8 Å². The van der Waals surface area contributed by atoms with E-state index in [4.69, 9.17) is 11.5 Å². The first-order valence-electron chi connectivity index (χ1n) is 7.06. The number of aryl methyl sites for hydroxylation is 1. The number of fused-ring (bicyclic) bond motifs is 1. The van der Waals surface area contributed by atoms with Crippen LogP contribution in [0.15, 0.2) is 30.3 Å². The molecule has 0 aliphatic heterocycles. The highest BCUT2D eigenvalue weighted by molar-refractivity contribution is 6.01. The number of hydrogen-bond acceptors (Lipinski definition) is 3. The van der Waals surface area contributed by atoms with E-state index in [1.165, 1.54) is 0 Å². The van der Waals surface area contributed by atoms with Crippen molar-refractivity contribution in [1.82, 2.24) is 0 Å². The summed E-state index contributed by atoms with van der Waals surface area (Å²) < 4.78 is 0. The van der Waals surface area contributed by atoms with E-state index in [9.17, 15) is 4.79 Å². The fourth-order valence-corrected chi connectivity index (χ4v) is 2.52. The molecule has 0 amide bonds. The Labute approximate surface area is 120 Å². The molecule has 2 aromatic rings. The number of benzene rings is 2. The Bertz CT molecular complexity index is 632. The minimum Gasteiger partial charge on any atom is -0.398 e. The molecular weight excluding hydrogens is 248 g/mol. The third-order valence-electron chi connectivity index (χ3n) is 3.51. The monoisotopic (exact) mass is 270 g/mol. The standard InChI is InChI=1S/C17H22N2O/c1-11(2)9-13(20)8-7-12-10-16(18)14-5-3-4-6-15(14)17(12)19/h3-6,10-11H,7-9,18-19H2,1-2H3. The van der Waals surface area contributed by atoms with E-state index in [1.54, 1.807) is 0 Å². The van der Waals surface area contributed by atoms with Crippen molar-refractivity contribution in [2.75, 3.05) is 11.5 Å². The molecule has 3 heteroatoms.